The molecule has 0 spiro atoms. The number of hydrogen-bond donors (Lipinski definition) is 1. The Morgan fingerprint density at radius 1 is 1.06 bits per heavy atom. The van der Waals surface area contributed by atoms with E-state index in [0.29, 0.717) is 13.1 Å². The Morgan fingerprint density at radius 2 is 1.71 bits per heavy atom. The minimum Gasteiger partial charge on any atom is -0.377 e. The van der Waals surface area contributed by atoms with Crippen LogP contribution >= 0.6 is 0 Å². The minimum absolute atomic E-state index is 0.00958. The molecule has 0 saturated carbocycles. The van der Waals surface area contributed by atoms with Crippen molar-refractivity contribution in [3.63, 3.8) is 0 Å². The van der Waals surface area contributed by atoms with E-state index >= 15 is 0 Å². The third kappa shape index (κ3) is 5.46. The first kappa shape index (κ1) is 23.3. The lowest BCUT2D eigenvalue weighted by atomic mass is 9.94. The number of nitrogens with zero attached hydrogens (tertiary/aromatic N) is 1. The Labute approximate surface area is 180 Å². The molecule has 9 heteroatoms. The summed E-state index contributed by atoms with van der Waals surface area (Å²) in [5.74, 6) is -0.0307. The van der Waals surface area contributed by atoms with Crippen LogP contribution < -0.4 is 5.32 Å². The molecule has 0 amide bonds. The number of Topliss-reactive ketones (excluding diaryl/α,β-unsaturated/α-hetero) is 1. The van der Waals surface area contributed by atoms with Gasteiger partial charge in [-0.05, 0) is 42.5 Å². The van der Waals surface area contributed by atoms with Crippen molar-refractivity contribution in [3.05, 3.63) is 59.7 Å². The topological polar surface area (TPSA) is 66.5 Å². The molecule has 2 aromatic carbocycles. The number of carbonyl (C=O) groups is 1. The van der Waals surface area contributed by atoms with Gasteiger partial charge in [-0.2, -0.15) is 17.5 Å². The van der Waals surface area contributed by atoms with E-state index in [9.17, 15) is 26.4 Å². The van der Waals surface area contributed by atoms with Crippen molar-refractivity contribution >= 4 is 21.5 Å². The van der Waals surface area contributed by atoms with Crippen molar-refractivity contribution < 1.29 is 26.4 Å². The molecule has 0 aliphatic carbocycles. The molecule has 2 atom stereocenters. The zero-order chi connectivity index (χ0) is 22.8. The lowest BCUT2D eigenvalue weighted by Gasteiger charge is -2.34. The monoisotopic (exact) mass is 454 g/mol. The Kier molecular flexibility index (Phi) is 6.76. The molecule has 1 fully saturated rings. The summed E-state index contributed by atoms with van der Waals surface area (Å²) in [4.78, 5) is 12.6. The molecule has 0 radical (unpaired) electrons. The average Bonchev–Trinajstić information content (AvgIpc) is 2.71. The van der Waals surface area contributed by atoms with Gasteiger partial charge in [0.25, 0.3) is 0 Å². The van der Waals surface area contributed by atoms with Crippen LogP contribution in [0, 0.1) is 11.8 Å². The van der Waals surface area contributed by atoms with Gasteiger partial charge >= 0.3 is 6.18 Å². The number of alkyl halides is 3. The predicted octanol–water partition coefficient (Wildman–Crippen LogP) is 4.67. The van der Waals surface area contributed by atoms with Gasteiger partial charge in [-0.3, -0.25) is 4.79 Å². The summed E-state index contributed by atoms with van der Waals surface area (Å²) < 4.78 is 66.9. The van der Waals surface area contributed by atoms with Gasteiger partial charge in [-0.25, -0.2) is 8.42 Å². The number of piperidine rings is 1. The lowest BCUT2D eigenvalue weighted by Crippen LogP contribution is -2.42. The summed E-state index contributed by atoms with van der Waals surface area (Å²) in [6.45, 7) is 4.45. The molecule has 3 rings (SSSR count). The fourth-order valence-corrected chi connectivity index (χ4v) is 5.67. The molecule has 5 nitrogen and oxygen atoms in total. The average molecular weight is 455 g/mol. The third-order valence-electron chi connectivity index (χ3n) is 5.30. The van der Waals surface area contributed by atoms with Gasteiger partial charge in [-0.15, -0.1) is 0 Å². The van der Waals surface area contributed by atoms with Crippen molar-refractivity contribution in [2.24, 2.45) is 11.8 Å². The van der Waals surface area contributed by atoms with Crippen LogP contribution in [0.1, 0.15) is 36.2 Å². The highest BCUT2D eigenvalue weighted by atomic mass is 32.2. The number of sulfonamides is 1. The maximum Gasteiger partial charge on any atom is 0.418 e. The number of hydrogen-bond acceptors (Lipinski definition) is 4. The molecule has 1 heterocycles. The van der Waals surface area contributed by atoms with Gasteiger partial charge < -0.3 is 5.32 Å². The molecule has 31 heavy (non-hydrogen) atoms. The van der Waals surface area contributed by atoms with Crippen molar-refractivity contribution in [3.8, 4) is 0 Å². The van der Waals surface area contributed by atoms with Crippen LogP contribution in [-0.2, 0) is 16.2 Å². The van der Waals surface area contributed by atoms with Gasteiger partial charge in [-0.1, -0.05) is 38.1 Å². The Morgan fingerprint density at radius 3 is 2.35 bits per heavy atom. The molecule has 1 N–H and O–H groups in total. The van der Waals surface area contributed by atoms with E-state index in [4.69, 9.17) is 0 Å². The summed E-state index contributed by atoms with van der Waals surface area (Å²) in [7, 11) is -3.77. The molecule has 0 aromatic heterocycles. The number of para-hydroxylation sites is 1. The van der Waals surface area contributed by atoms with Crippen LogP contribution in [0.2, 0.25) is 0 Å². The van der Waals surface area contributed by atoms with Crippen LogP contribution in [0.4, 0.5) is 18.9 Å². The number of nitrogens with one attached hydrogen (secondary N) is 1. The fraction of sp³-hybridized carbons (Fsp3) is 0.409. The zero-order valence-electron chi connectivity index (χ0n) is 17.3. The molecular formula is C22H25F3N2O3S. The van der Waals surface area contributed by atoms with E-state index in [1.54, 1.807) is 0 Å². The molecule has 1 aliphatic rings. The standard InChI is InChI=1S/C22H25F3N2O3S/c1-15-10-16(2)14-27(13-15)31(29,30)18-7-5-6-17(11-18)21(28)12-26-20-9-4-3-8-19(20)22(23,24)25/h3-9,11,15-16,26H,10,12-14H2,1-2H3. The largest absolute Gasteiger partial charge is 0.418 e. The second-order valence-corrected chi connectivity index (χ2v) is 10.1. The molecule has 2 unspecified atom stereocenters. The summed E-state index contributed by atoms with van der Waals surface area (Å²) in [5, 5.41) is 2.52. The Balaban J connectivity index is 1.77. The number of ketones is 1. The lowest BCUT2D eigenvalue weighted by molar-refractivity contribution is -0.136. The number of carbonyl (C=O) groups excluding carboxylic acids is 1. The van der Waals surface area contributed by atoms with Crippen molar-refractivity contribution in [2.75, 3.05) is 25.0 Å². The van der Waals surface area contributed by atoms with Gasteiger partial charge in [0.15, 0.2) is 5.78 Å². The van der Waals surface area contributed by atoms with E-state index < -0.39 is 34.1 Å². The number of anilines is 1. The van der Waals surface area contributed by atoms with Crippen molar-refractivity contribution in [1.29, 1.82) is 0 Å². The SMILES string of the molecule is CC1CC(C)CN(S(=O)(=O)c2cccc(C(=O)CNc3ccccc3C(F)(F)F)c2)C1. The number of rotatable bonds is 6. The molecule has 168 valence electrons. The first-order valence-electron chi connectivity index (χ1n) is 10.0. The predicted molar refractivity (Wildman–Crippen MR) is 112 cm³/mol. The molecule has 1 aliphatic heterocycles. The molecule has 1 saturated heterocycles. The maximum absolute atomic E-state index is 13.1. The summed E-state index contributed by atoms with van der Waals surface area (Å²) in [5.41, 5.74) is -0.952. The van der Waals surface area contributed by atoms with Crippen LogP contribution in [0.25, 0.3) is 0 Å². The summed E-state index contributed by atoms with van der Waals surface area (Å²) in [6, 6.07) is 10.5. The maximum atomic E-state index is 13.1. The van der Waals surface area contributed by atoms with E-state index in [0.717, 1.165) is 12.5 Å². The van der Waals surface area contributed by atoms with E-state index in [1.807, 2.05) is 13.8 Å². The summed E-state index contributed by atoms with van der Waals surface area (Å²) in [6.07, 6.45) is -3.60. The smallest absolute Gasteiger partial charge is 0.377 e. The minimum atomic E-state index is -4.55. The Hall–Kier alpha value is -2.39. The van der Waals surface area contributed by atoms with Gasteiger partial charge in [0.05, 0.1) is 17.0 Å². The van der Waals surface area contributed by atoms with Crippen LogP contribution in [0.15, 0.2) is 53.4 Å². The van der Waals surface area contributed by atoms with Crippen molar-refractivity contribution in [2.45, 2.75) is 31.3 Å². The van der Waals surface area contributed by atoms with Gasteiger partial charge in [0.2, 0.25) is 10.0 Å². The Bertz CT molecular complexity index is 1040. The van der Waals surface area contributed by atoms with E-state index in [2.05, 4.69) is 5.32 Å². The number of benzene rings is 2. The second-order valence-electron chi connectivity index (χ2n) is 8.12. The molecule has 0 bridgehead atoms. The van der Waals surface area contributed by atoms with Crippen molar-refractivity contribution in [1.82, 2.24) is 4.31 Å². The molecular weight excluding hydrogens is 429 g/mol. The first-order valence-corrected chi connectivity index (χ1v) is 11.5. The van der Waals surface area contributed by atoms with Crippen LogP contribution in [0.3, 0.4) is 0 Å². The second kappa shape index (κ2) is 9.00. The molecule has 2 aromatic rings. The highest BCUT2D eigenvalue weighted by Gasteiger charge is 2.34. The highest BCUT2D eigenvalue weighted by Crippen LogP contribution is 2.34. The van der Waals surface area contributed by atoms with Gasteiger partial charge in [0.1, 0.15) is 0 Å². The fourth-order valence-electron chi connectivity index (χ4n) is 3.94. The van der Waals surface area contributed by atoms with Gasteiger partial charge in [0, 0.05) is 24.3 Å². The normalized spacial score (nSPS) is 20.4. The van der Waals surface area contributed by atoms with E-state index in [-0.39, 0.29) is 28.0 Å². The summed E-state index contributed by atoms with van der Waals surface area (Å²) >= 11 is 0. The van der Waals surface area contributed by atoms with Crippen LogP contribution in [-0.4, -0.2) is 38.1 Å². The quantitative estimate of drug-likeness (QED) is 0.645. The zero-order valence-corrected chi connectivity index (χ0v) is 18.1. The van der Waals surface area contributed by atoms with Crippen LogP contribution in [0.5, 0.6) is 0 Å². The third-order valence-corrected chi connectivity index (χ3v) is 7.13. The highest BCUT2D eigenvalue weighted by molar-refractivity contribution is 7.89. The first-order chi connectivity index (χ1) is 14.5. The number of halogens is 3. The van der Waals surface area contributed by atoms with E-state index in [1.165, 1.54) is 46.8 Å².